The van der Waals surface area contributed by atoms with Gasteiger partial charge in [0.15, 0.2) is 0 Å². The predicted molar refractivity (Wildman–Crippen MR) is 56.2 cm³/mol. The maximum absolute atomic E-state index is 9.78. The number of hydrogen-bond acceptors (Lipinski definition) is 6. The molecule has 1 aromatic heterocycles. The van der Waals surface area contributed by atoms with Gasteiger partial charge in [-0.3, -0.25) is 0 Å². The molecule has 1 N–H and O–H groups in total. The van der Waals surface area contributed by atoms with E-state index in [1.165, 1.54) is 0 Å². The number of aliphatic hydroxyl groups is 1. The number of aliphatic hydroxyl groups excluding tert-OH is 1. The third kappa shape index (κ3) is 2.65. The summed E-state index contributed by atoms with van der Waals surface area (Å²) in [6.45, 7) is 1.63. The van der Waals surface area contributed by atoms with Crippen LogP contribution in [-0.4, -0.2) is 41.2 Å². The van der Waals surface area contributed by atoms with Gasteiger partial charge in [0.25, 0.3) is 0 Å². The van der Waals surface area contributed by atoms with Crippen molar-refractivity contribution in [2.75, 3.05) is 19.8 Å². The van der Waals surface area contributed by atoms with E-state index in [2.05, 4.69) is 10.1 Å². The first-order valence-corrected chi connectivity index (χ1v) is 6.03. The summed E-state index contributed by atoms with van der Waals surface area (Å²) in [5, 5.41) is 13.6. The van der Waals surface area contributed by atoms with E-state index in [-0.39, 0.29) is 12.2 Å². The number of ether oxygens (including phenoxy) is 2. The summed E-state index contributed by atoms with van der Waals surface area (Å²) in [6.07, 6.45) is 2.04. The zero-order valence-corrected chi connectivity index (χ0v) is 9.54. The Morgan fingerprint density at radius 3 is 2.94 bits per heavy atom. The van der Waals surface area contributed by atoms with Crippen molar-refractivity contribution in [1.82, 2.24) is 10.1 Å². The molecule has 0 aromatic carbocycles. The molecule has 6 heteroatoms. The Balaban J connectivity index is 1.60. The lowest BCUT2D eigenvalue weighted by atomic mass is 10.2. The molecule has 2 fully saturated rings. The third-order valence-electron chi connectivity index (χ3n) is 3.14. The van der Waals surface area contributed by atoms with E-state index in [9.17, 15) is 5.11 Å². The van der Waals surface area contributed by atoms with Gasteiger partial charge in [0.1, 0.15) is 6.10 Å². The van der Waals surface area contributed by atoms with Crippen molar-refractivity contribution >= 4 is 0 Å². The third-order valence-corrected chi connectivity index (χ3v) is 3.14. The van der Waals surface area contributed by atoms with E-state index < -0.39 is 0 Å². The molecular formula is C11H16N2O4. The van der Waals surface area contributed by atoms with E-state index >= 15 is 0 Å². The molecule has 94 valence electrons. The molecule has 0 bridgehead atoms. The summed E-state index contributed by atoms with van der Waals surface area (Å²) in [4.78, 5) is 4.24. The van der Waals surface area contributed by atoms with Crippen LogP contribution in [-0.2, 0) is 15.9 Å². The number of aromatic nitrogens is 2. The van der Waals surface area contributed by atoms with Crippen molar-refractivity contribution in [1.29, 1.82) is 0 Å². The molecule has 1 saturated carbocycles. The van der Waals surface area contributed by atoms with E-state index in [1.54, 1.807) is 0 Å². The normalized spacial score (nSPS) is 27.0. The minimum absolute atomic E-state index is 0.237. The molecular weight excluding hydrogens is 224 g/mol. The van der Waals surface area contributed by atoms with Crippen LogP contribution in [0, 0.1) is 5.92 Å². The predicted octanol–water partition coefficient (Wildman–Crippen LogP) is 0.471. The van der Waals surface area contributed by atoms with Crippen LogP contribution in [0.4, 0.5) is 0 Å². The van der Waals surface area contributed by atoms with Crippen LogP contribution in [0.3, 0.4) is 0 Å². The lowest BCUT2D eigenvalue weighted by Gasteiger charge is -2.19. The fourth-order valence-electron chi connectivity index (χ4n) is 1.95. The Bertz CT molecular complexity index is 371. The first-order valence-electron chi connectivity index (χ1n) is 6.03. The zero-order chi connectivity index (χ0) is 11.7. The molecule has 0 radical (unpaired) electrons. The molecule has 0 amide bonds. The summed E-state index contributed by atoms with van der Waals surface area (Å²) in [5.74, 6) is 1.41. The van der Waals surface area contributed by atoms with Gasteiger partial charge in [-0.05, 0) is 18.8 Å². The van der Waals surface area contributed by atoms with E-state index in [0.29, 0.717) is 43.9 Å². The standard InChI is InChI=1S/C11H16N2O4/c14-8(7-1-2-7)5-10-12-11(13-17-10)9-6-15-3-4-16-9/h7-9,14H,1-6H2. The Hall–Kier alpha value is -0.980. The van der Waals surface area contributed by atoms with Crippen LogP contribution >= 0.6 is 0 Å². The monoisotopic (exact) mass is 240 g/mol. The molecule has 3 rings (SSSR count). The molecule has 1 aliphatic heterocycles. The molecule has 2 heterocycles. The summed E-state index contributed by atoms with van der Waals surface area (Å²) in [6, 6.07) is 0. The van der Waals surface area contributed by atoms with Crippen LogP contribution in [0.1, 0.15) is 30.7 Å². The Labute approximate surface area is 98.9 Å². The van der Waals surface area contributed by atoms with Crippen molar-refractivity contribution < 1.29 is 19.1 Å². The second-order valence-electron chi connectivity index (χ2n) is 4.59. The Morgan fingerprint density at radius 2 is 2.24 bits per heavy atom. The lowest BCUT2D eigenvalue weighted by molar-refractivity contribution is -0.0941. The number of rotatable bonds is 4. The molecule has 1 saturated heterocycles. The molecule has 2 aliphatic rings. The minimum atomic E-state index is -0.355. The van der Waals surface area contributed by atoms with Crippen LogP contribution in [0.2, 0.25) is 0 Å². The van der Waals surface area contributed by atoms with Crippen molar-refractivity contribution in [3.05, 3.63) is 11.7 Å². The van der Waals surface area contributed by atoms with Crippen LogP contribution in [0.15, 0.2) is 4.52 Å². The first kappa shape index (κ1) is 11.1. The average molecular weight is 240 g/mol. The van der Waals surface area contributed by atoms with Gasteiger partial charge in [-0.1, -0.05) is 5.16 Å². The highest BCUT2D eigenvalue weighted by molar-refractivity contribution is 4.95. The summed E-state index contributed by atoms with van der Waals surface area (Å²) in [5.41, 5.74) is 0. The number of hydrogen-bond donors (Lipinski definition) is 1. The van der Waals surface area contributed by atoms with Crippen LogP contribution in [0.25, 0.3) is 0 Å². The minimum Gasteiger partial charge on any atom is -0.392 e. The average Bonchev–Trinajstić information content (AvgIpc) is 3.12. The van der Waals surface area contributed by atoms with Gasteiger partial charge in [-0.25, -0.2) is 0 Å². The van der Waals surface area contributed by atoms with Gasteiger partial charge in [-0.2, -0.15) is 4.98 Å². The molecule has 17 heavy (non-hydrogen) atoms. The molecule has 2 unspecified atom stereocenters. The van der Waals surface area contributed by atoms with E-state index in [4.69, 9.17) is 14.0 Å². The quantitative estimate of drug-likeness (QED) is 0.824. The topological polar surface area (TPSA) is 77.6 Å². The molecule has 1 aliphatic carbocycles. The first-order chi connectivity index (χ1) is 8.33. The largest absolute Gasteiger partial charge is 0.392 e. The molecule has 0 spiro atoms. The van der Waals surface area contributed by atoms with Crippen molar-refractivity contribution in [3.8, 4) is 0 Å². The molecule has 6 nitrogen and oxygen atoms in total. The SMILES string of the molecule is OC(Cc1nc(C2COCCO2)no1)C1CC1. The van der Waals surface area contributed by atoms with Crippen molar-refractivity contribution in [2.24, 2.45) is 5.92 Å². The van der Waals surface area contributed by atoms with Gasteiger partial charge >= 0.3 is 0 Å². The Morgan fingerprint density at radius 1 is 1.35 bits per heavy atom. The highest BCUT2D eigenvalue weighted by Gasteiger charge is 2.31. The van der Waals surface area contributed by atoms with Gasteiger partial charge in [-0.15, -0.1) is 0 Å². The van der Waals surface area contributed by atoms with Crippen molar-refractivity contribution in [2.45, 2.75) is 31.5 Å². The highest BCUT2D eigenvalue weighted by atomic mass is 16.6. The summed E-state index contributed by atoms with van der Waals surface area (Å²) < 4.78 is 15.9. The highest BCUT2D eigenvalue weighted by Crippen LogP contribution is 2.33. The van der Waals surface area contributed by atoms with Gasteiger partial charge < -0.3 is 19.1 Å². The fraction of sp³-hybridized carbons (Fsp3) is 0.818. The summed E-state index contributed by atoms with van der Waals surface area (Å²) in [7, 11) is 0. The fourth-order valence-corrected chi connectivity index (χ4v) is 1.95. The summed E-state index contributed by atoms with van der Waals surface area (Å²) >= 11 is 0. The van der Waals surface area contributed by atoms with E-state index in [0.717, 1.165) is 12.8 Å². The second-order valence-corrected chi connectivity index (χ2v) is 4.59. The zero-order valence-electron chi connectivity index (χ0n) is 9.54. The second kappa shape index (κ2) is 4.72. The maximum Gasteiger partial charge on any atom is 0.229 e. The van der Waals surface area contributed by atoms with Gasteiger partial charge in [0.2, 0.25) is 11.7 Å². The van der Waals surface area contributed by atoms with E-state index in [1.807, 2.05) is 0 Å². The smallest absolute Gasteiger partial charge is 0.229 e. The van der Waals surface area contributed by atoms with Crippen molar-refractivity contribution in [3.63, 3.8) is 0 Å². The maximum atomic E-state index is 9.78. The van der Waals surface area contributed by atoms with Crippen LogP contribution < -0.4 is 0 Å². The van der Waals surface area contributed by atoms with Gasteiger partial charge in [0, 0.05) is 0 Å². The Kier molecular flexibility index (Phi) is 3.09. The molecule has 2 atom stereocenters. The van der Waals surface area contributed by atoms with Crippen LogP contribution in [0.5, 0.6) is 0 Å². The van der Waals surface area contributed by atoms with Gasteiger partial charge in [0.05, 0.1) is 32.3 Å². The lowest BCUT2D eigenvalue weighted by Crippen LogP contribution is -2.22. The molecule has 1 aromatic rings. The number of nitrogens with zero attached hydrogens (tertiary/aromatic N) is 2.